The molecular formula is C23H18N2OS. The largest absolute Gasteiger partial charge is 0.322 e. The smallest absolute Gasteiger partial charge is 0.255 e. The van der Waals surface area contributed by atoms with Gasteiger partial charge < -0.3 is 5.32 Å². The molecule has 27 heavy (non-hydrogen) atoms. The van der Waals surface area contributed by atoms with Gasteiger partial charge in [-0.3, -0.25) is 4.79 Å². The Hall–Kier alpha value is -3.24. The summed E-state index contributed by atoms with van der Waals surface area (Å²) < 4.78 is 0. The van der Waals surface area contributed by atoms with Gasteiger partial charge in [-0.25, -0.2) is 4.98 Å². The van der Waals surface area contributed by atoms with Crippen molar-refractivity contribution in [3.8, 4) is 21.8 Å². The first kappa shape index (κ1) is 17.2. The van der Waals surface area contributed by atoms with Gasteiger partial charge in [-0.1, -0.05) is 60.2 Å². The molecule has 132 valence electrons. The van der Waals surface area contributed by atoms with Gasteiger partial charge in [0.05, 0.1) is 5.69 Å². The number of nitrogens with zero attached hydrogens (tertiary/aromatic N) is 1. The fourth-order valence-corrected chi connectivity index (χ4v) is 3.70. The number of aromatic nitrogens is 1. The van der Waals surface area contributed by atoms with Crippen molar-refractivity contribution in [2.75, 3.05) is 5.32 Å². The number of benzene rings is 3. The molecule has 0 saturated heterocycles. The van der Waals surface area contributed by atoms with Gasteiger partial charge in [0.15, 0.2) is 0 Å². The van der Waals surface area contributed by atoms with Crippen LogP contribution in [0.3, 0.4) is 0 Å². The minimum Gasteiger partial charge on any atom is -0.322 e. The van der Waals surface area contributed by atoms with Crippen molar-refractivity contribution in [3.63, 3.8) is 0 Å². The highest BCUT2D eigenvalue weighted by molar-refractivity contribution is 7.13. The van der Waals surface area contributed by atoms with E-state index in [0.717, 1.165) is 33.1 Å². The number of amides is 1. The van der Waals surface area contributed by atoms with E-state index in [4.69, 9.17) is 4.98 Å². The van der Waals surface area contributed by atoms with E-state index >= 15 is 0 Å². The third kappa shape index (κ3) is 3.96. The van der Waals surface area contributed by atoms with Gasteiger partial charge in [-0.15, -0.1) is 11.3 Å². The lowest BCUT2D eigenvalue weighted by molar-refractivity contribution is 0.102. The van der Waals surface area contributed by atoms with Crippen LogP contribution in [0.1, 0.15) is 15.9 Å². The van der Waals surface area contributed by atoms with E-state index in [2.05, 4.69) is 17.4 Å². The third-order valence-electron chi connectivity index (χ3n) is 4.22. The third-order valence-corrected chi connectivity index (χ3v) is 5.11. The monoisotopic (exact) mass is 370 g/mol. The Kier molecular flexibility index (Phi) is 4.81. The zero-order valence-corrected chi connectivity index (χ0v) is 15.7. The topological polar surface area (TPSA) is 42.0 Å². The summed E-state index contributed by atoms with van der Waals surface area (Å²) in [5.41, 5.74) is 5.47. The molecule has 1 aromatic heterocycles. The predicted molar refractivity (Wildman–Crippen MR) is 112 cm³/mol. The molecule has 1 N–H and O–H groups in total. The van der Waals surface area contributed by atoms with Crippen LogP contribution in [0.4, 0.5) is 5.69 Å². The normalized spacial score (nSPS) is 10.6. The molecule has 0 radical (unpaired) electrons. The number of thiazole rings is 1. The number of hydrogen-bond donors (Lipinski definition) is 1. The van der Waals surface area contributed by atoms with Gasteiger partial charge in [-0.05, 0) is 31.2 Å². The van der Waals surface area contributed by atoms with Gasteiger partial charge in [0.25, 0.3) is 5.91 Å². The molecule has 0 aliphatic carbocycles. The molecule has 0 unspecified atom stereocenters. The second-order valence-corrected chi connectivity index (χ2v) is 7.17. The molecule has 4 aromatic rings. The van der Waals surface area contributed by atoms with Crippen LogP contribution in [0.15, 0.2) is 84.2 Å². The van der Waals surface area contributed by atoms with E-state index in [1.807, 2.05) is 79.0 Å². The summed E-state index contributed by atoms with van der Waals surface area (Å²) in [6.45, 7) is 1.98. The van der Waals surface area contributed by atoms with E-state index in [-0.39, 0.29) is 5.91 Å². The molecule has 0 bridgehead atoms. The van der Waals surface area contributed by atoms with Crippen LogP contribution in [0.5, 0.6) is 0 Å². The molecule has 0 saturated carbocycles. The summed E-state index contributed by atoms with van der Waals surface area (Å²) in [6, 6.07) is 25.5. The van der Waals surface area contributed by atoms with E-state index in [1.54, 1.807) is 11.3 Å². The molecule has 3 nitrogen and oxygen atoms in total. The number of hydrogen-bond acceptors (Lipinski definition) is 3. The molecule has 0 aliphatic rings. The number of nitrogens with one attached hydrogen (secondary N) is 1. The Balaban J connectivity index is 1.56. The van der Waals surface area contributed by atoms with Crippen molar-refractivity contribution in [3.05, 3.63) is 95.4 Å². The molecular weight excluding hydrogens is 352 g/mol. The maximum atomic E-state index is 12.5. The summed E-state index contributed by atoms with van der Waals surface area (Å²) in [5.74, 6) is -0.112. The fraction of sp³-hybridized carbons (Fsp3) is 0.0435. The minimum absolute atomic E-state index is 0.112. The van der Waals surface area contributed by atoms with Crippen LogP contribution in [0.25, 0.3) is 21.8 Å². The lowest BCUT2D eigenvalue weighted by Gasteiger charge is -2.07. The van der Waals surface area contributed by atoms with Crippen LogP contribution < -0.4 is 5.32 Å². The van der Waals surface area contributed by atoms with Crippen molar-refractivity contribution >= 4 is 22.9 Å². The molecule has 3 aromatic carbocycles. The van der Waals surface area contributed by atoms with Crippen LogP contribution in [-0.4, -0.2) is 10.9 Å². The summed E-state index contributed by atoms with van der Waals surface area (Å²) in [7, 11) is 0. The quantitative estimate of drug-likeness (QED) is 0.476. The predicted octanol–water partition coefficient (Wildman–Crippen LogP) is 6.04. The summed E-state index contributed by atoms with van der Waals surface area (Å²) >= 11 is 1.62. The second-order valence-electron chi connectivity index (χ2n) is 6.31. The molecule has 1 heterocycles. The number of anilines is 1. The molecule has 4 heteroatoms. The average Bonchev–Trinajstić information content (AvgIpc) is 3.19. The van der Waals surface area contributed by atoms with Crippen LogP contribution in [0, 0.1) is 6.92 Å². The molecule has 0 spiro atoms. The van der Waals surface area contributed by atoms with E-state index in [0.29, 0.717) is 5.56 Å². The highest BCUT2D eigenvalue weighted by Gasteiger charge is 2.09. The Labute approximate surface area is 162 Å². The fourth-order valence-electron chi connectivity index (χ4n) is 2.87. The lowest BCUT2D eigenvalue weighted by atomic mass is 10.1. The Morgan fingerprint density at radius 1 is 0.889 bits per heavy atom. The highest BCUT2D eigenvalue weighted by atomic mass is 32.1. The van der Waals surface area contributed by atoms with Gasteiger partial charge >= 0.3 is 0 Å². The minimum atomic E-state index is -0.112. The Bertz CT molecular complexity index is 1090. The van der Waals surface area contributed by atoms with Gasteiger partial charge in [0, 0.05) is 27.8 Å². The van der Waals surface area contributed by atoms with Crippen molar-refractivity contribution in [2.24, 2.45) is 0 Å². The van der Waals surface area contributed by atoms with E-state index < -0.39 is 0 Å². The van der Waals surface area contributed by atoms with Crippen molar-refractivity contribution in [2.45, 2.75) is 6.92 Å². The number of aryl methyl sites for hydroxylation is 1. The van der Waals surface area contributed by atoms with Crippen LogP contribution in [0.2, 0.25) is 0 Å². The standard InChI is InChI=1S/C23H18N2OS/c1-16-7-5-11-19(13-16)22(26)24-20-12-6-10-18(14-20)21-15-27-23(25-21)17-8-3-2-4-9-17/h2-15H,1H3,(H,24,26). The van der Waals surface area contributed by atoms with Gasteiger partial charge in [0.1, 0.15) is 5.01 Å². The summed E-state index contributed by atoms with van der Waals surface area (Å²) in [4.78, 5) is 17.2. The average molecular weight is 370 g/mol. The zero-order chi connectivity index (χ0) is 18.6. The SMILES string of the molecule is Cc1cccc(C(=O)Nc2cccc(-c3csc(-c4ccccc4)n3)c2)c1. The lowest BCUT2D eigenvalue weighted by Crippen LogP contribution is -2.11. The first-order chi connectivity index (χ1) is 13.2. The maximum absolute atomic E-state index is 12.5. The van der Waals surface area contributed by atoms with Crippen molar-refractivity contribution < 1.29 is 4.79 Å². The number of rotatable bonds is 4. The number of carbonyl (C=O) groups is 1. The van der Waals surface area contributed by atoms with Gasteiger partial charge in [-0.2, -0.15) is 0 Å². The molecule has 0 fully saturated rings. The van der Waals surface area contributed by atoms with Crippen LogP contribution in [-0.2, 0) is 0 Å². The zero-order valence-electron chi connectivity index (χ0n) is 14.8. The summed E-state index contributed by atoms with van der Waals surface area (Å²) in [6.07, 6.45) is 0. The maximum Gasteiger partial charge on any atom is 0.255 e. The van der Waals surface area contributed by atoms with Gasteiger partial charge in [0.2, 0.25) is 0 Å². The molecule has 0 atom stereocenters. The summed E-state index contributed by atoms with van der Waals surface area (Å²) in [5, 5.41) is 6.00. The highest BCUT2D eigenvalue weighted by Crippen LogP contribution is 2.29. The van der Waals surface area contributed by atoms with Crippen molar-refractivity contribution in [1.29, 1.82) is 0 Å². The van der Waals surface area contributed by atoms with Crippen molar-refractivity contribution in [1.82, 2.24) is 4.98 Å². The molecule has 1 amide bonds. The molecule has 4 rings (SSSR count). The Morgan fingerprint density at radius 3 is 2.48 bits per heavy atom. The van der Waals surface area contributed by atoms with Crippen LogP contribution >= 0.6 is 11.3 Å². The first-order valence-corrected chi connectivity index (χ1v) is 9.56. The second kappa shape index (κ2) is 7.56. The molecule has 0 aliphatic heterocycles. The Morgan fingerprint density at radius 2 is 1.67 bits per heavy atom. The number of carbonyl (C=O) groups excluding carboxylic acids is 1. The van der Waals surface area contributed by atoms with E-state index in [1.165, 1.54) is 0 Å². The first-order valence-electron chi connectivity index (χ1n) is 8.68. The van der Waals surface area contributed by atoms with E-state index in [9.17, 15) is 4.79 Å².